The first-order chi connectivity index (χ1) is 7.10. The molecule has 3 nitrogen and oxygen atoms in total. The Kier molecular flexibility index (Phi) is 3.30. The summed E-state index contributed by atoms with van der Waals surface area (Å²) in [5, 5.41) is 17.1. The van der Waals surface area contributed by atoms with Gasteiger partial charge in [0.25, 0.3) is 6.43 Å². The van der Waals surface area contributed by atoms with E-state index in [4.69, 9.17) is 10.5 Å². The third kappa shape index (κ3) is 2.26. The second-order valence-corrected chi connectivity index (χ2v) is 2.93. The van der Waals surface area contributed by atoms with Crippen LogP contribution in [0.3, 0.4) is 0 Å². The van der Waals surface area contributed by atoms with Crippen LogP contribution in [0.25, 0.3) is 0 Å². The van der Waals surface area contributed by atoms with Crippen LogP contribution in [0.4, 0.5) is 8.78 Å². The van der Waals surface area contributed by atoms with E-state index in [1.54, 1.807) is 12.1 Å². The predicted molar refractivity (Wildman–Crippen MR) is 48.0 cm³/mol. The number of pyridine rings is 1. The SMILES string of the molecule is Cc1cc(C#N)nc(CC#N)c1C(F)F. The van der Waals surface area contributed by atoms with Crippen LogP contribution in [0.5, 0.6) is 0 Å². The van der Waals surface area contributed by atoms with Gasteiger partial charge in [-0.25, -0.2) is 13.8 Å². The maximum atomic E-state index is 12.6. The molecule has 0 aliphatic carbocycles. The van der Waals surface area contributed by atoms with E-state index in [2.05, 4.69) is 4.98 Å². The van der Waals surface area contributed by atoms with Crippen molar-refractivity contribution in [1.29, 1.82) is 10.5 Å². The first-order valence-electron chi connectivity index (χ1n) is 4.15. The first-order valence-corrected chi connectivity index (χ1v) is 4.15. The summed E-state index contributed by atoms with van der Waals surface area (Å²) < 4.78 is 25.2. The molecule has 0 radical (unpaired) electrons. The minimum Gasteiger partial charge on any atom is -0.241 e. The fourth-order valence-corrected chi connectivity index (χ4v) is 1.31. The highest BCUT2D eigenvalue weighted by Gasteiger charge is 2.18. The molecule has 1 aromatic rings. The molecule has 0 unspecified atom stereocenters. The summed E-state index contributed by atoms with van der Waals surface area (Å²) in [5.74, 6) is 0. The van der Waals surface area contributed by atoms with Gasteiger partial charge in [0.1, 0.15) is 11.8 Å². The lowest BCUT2D eigenvalue weighted by Crippen LogP contribution is -2.03. The second-order valence-electron chi connectivity index (χ2n) is 2.93. The Bertz CT molecular complexity index is 455. The van der Waals surface area contributed by atoms with Crippen molar-refractivity contribution in [3.8, 4) is 12.1 Å². The fourth-order valence-electron chi connectivity index (χ4n) is 1.31. The Hall–Kier alpha value is -2.01. The topological polar surface area (TPSA) is 60.5 Å². The van der Waals surface area contributed by atoms with E-state index in [0.717, 1.165) is 0 Å². The van der Waals surface area contributed by atoms with Gasteiger partial charge in [0.05, 0.1) is 18.2 Å². The van der Waals surface area contributed by atoms with Crippen LogP contribution < -0.4 is 0 Å². The summed E-state index contributed by atoms with van der Waals surface area (Å²) in [6, 6.07) is 4.81. The van der Waals surface area contributed by atoms with Gasteiger partial charge in [0.15, 0.2) is 0 Å². The Morgan fingerprint density at radius 3 is 2.60 bits per heavy atom. The van der Waals surface area contributed by atoms with Gasteiger partial charge in [-0.1, -0.05) is 0 Å². The highest BCUT2D eigenvalue weighted by Crippen LogP contribution is 2.26. The molecule has 1 heterocycles. The maximum Gasteiger partial charge on any atom is 0.265 e. The average molecular weight is 207 g/mol. The van der Waals surface area contributed by atoms with E-state index in [1.165, 1.54) is 13.0 Å². The molecule has 0 fully saturated rings. The Morgan fingerprint density at radius 2 is 2.13 bits per heavy atom. The van der Waals surface area contributed by atoms with E-state index in [-0.39, 0.29) is 23.4 Å². The van der Waals surface area contributed by atoms with Gasteiger partial charge >= 0.3 is 0 Å². The molecular formula is C10H7F2N3. The van der Waals surface area contributed by atoms with Gasteiger partial charge in [-0.05, 0) is 18.6 Å². The third-order valence-electron chi connectivity index (χ3n) is 1.92. The number of alkyl halides is 2. The average Bonchev–Trinajstić information content (AvgIpc) is 2.16. The molecule has 1 rings (SSSR count). The molecule has 0 aromatic carbocycles. The normalized spacial score (nSPS) is 9.73. The third-order valence-corrected chi connectivity index (χ3v) is 1.92. The van der Waals surface area contributed by atoms with Crippen LogP contribution in [0.1, 0.15) is 28.9 Å². The van der Waals surface area contributed by atoms with Crippen LogP contribution in [-0.4, -0.2) is 4.98 Å². The second kappa shape index (κ2) is 4.47. The monoisotopic (exact) mass is 207 g/mol. The summed E-state index contributed by atoms with van der Waals surface area (Å²) in [6.45, 7) is 1.48. The number of nitrogens with zero attached hydrogens (tertiary/aromatic N) is 3. The molecule has 0 saturated carbocycles. The minimum absolute atomic E-state index is 0.0101. The number of halogens is 2. The molecule has 15 heavy (non-hydrogen) atoms. The molecule has 1 aromatic heterocycles. The highest BCUT2D eigenvalue weighted by molar-refractivity contribution is 5.37. The number of hydrogen-bond donors (Lipinski definition) is 0. The standard InChI is InChI=1S/C10H7F2N3/c1-6-4-7(5-14)15-8(2-3-13)9(6)10(11)12/h4,10H,2H2,1H3. The smallest absolute Gasteiger partial charge is 0.241 e. The van der Waals surface area contributed by atoms with Gasteiger partial charge in [-0.15, -0.1) is 0 Å². The molecule has 0 N–H and O–H groups in total. The molecule has 0 spiro atoms. The largest absolute Gasteiger partial charge is 0.265 e. The number of aryl methyl sites for hydroxylation is 1. The Morgan fingerprint density at radius 1 is 1.47 bits per heavy atom. The molecule has 76 valence electrons. The lowest BCUT2D eigenvalue weighted by atomic mass is 10.1. The lowest BCUT2D eigenvalue weighted by Gasteiger charge is -2.08. The van der Waals surface area contributed by atoms with Gasteiger partial charge in [0.2, 0.25) is 0 Å². The van der Waals surface area contributed by atoms with Gasteiger partial charge in [-0.2, -0.15) is 10.5 Å². The van der Waals surface area contributed by atoms with Crippen molar-refractivity contribution in [3.63, 3.8) is 0 Å². The molecular weight excluding hydrogens is 200 g/mol. The van der Waals surface area contributed by atoms with Crippen molar-refractivity contribution in [2.75, 3.05) is 0 Å². The molecule has 0 aliphatic heterocycles. The van der Waals surface area contributed by atoms with Crippen molar-refractivity contribution >= 4 is 0 Å². The van der Waals surface area contributed by atoms with Gasteiger partial charge < -0.3 is 0 Å². The molecule has 5 heteroatoms. The zero-order valence-electron chi connectivity index (χ0n) is 7.96. The van der Waals surface area contributed by atoms with Crippen molar-refractivity contribution in [3.05, 3.63) is 28.6 Å². The number of nitriles is 2. The summed E-state index contributed by atoms with van der Waals surface area (Å²) >= 11 is 0. The van der Waals surface area contributed by atoms with Gasteiger partial charge in [-0.3, -0.25) is 0 Å². The quantitative estimate of drug-likeness (QED) is 0.747. The van der Waals surface area contributed by atoms with E-state index in [0.29, 0.717) is 5.56 Å². The van der Waals surface area contributed by atoms with Crippen LogP contribution in [0.2, 0.25) is 0 Å². The summed E-state index contributed by atoms with van der Waals surface area (Å²) in [6.07, 6.45) is -2.88. The highest BCUT2D eigenvalue weighted by atomic mass is 19.3. The van der Waals surface area contributed by atoms with Crippen LogP contribution in [0, 0.1) is 29.6 Å². The number of hydrogen-bond acceptors (Lipinski definition) is 3. The fraction of sp³-hybridized carbons (Fsp3) is 0.300. The van der Waals surface area contributed by atoms with Crippen molar-refractivity contribution < 1.29 is 8.78 Å². The van der Waals surface area contributed by atoms with E-state index >= 15 is 0 Å². The van der Waals surface area contributed by atoms with Gasteiger partial charge in [0, 0.05) is 5.56 Å². The minimum atomic E-state index is -2.67. The molecule has 0 saturated heterocycles. The van der Waals surface area contributed by atoms with Crippen molar-refractivity contribution in [2.45, 2.75) is 19.8 Å². The lowest BCUT2D eigenvalue weighted by molar-refractivity contribution is 0.149. The molecule has 0 aliphatic rings. The molecule has 0 atom stereocenters. The zero-order valence-corrected chi connectivity index (χ0v) is 7.96. The Labute approximate surface area is 85.6 Å². The molecule has 0 amide bonds. The summed E-state index contributed by atoms with van der Waals surface area (Å²) in [5.41, 5.74) is 0.101. The maximum absolute atomic E-state index is 12.6. The van der Waals surface area contributed by atoms with E-state index < -0.39 is 6.43 Å². The van der Waals surface area contributed by atoms with Crippen molar-refractivity contribution in [1.82, 2.24) is 4.98 Å². The number of rotatable bonds is 2. The first kappa shape index (κ1) is 11.1. The van der Waals surface area contributed by atoms with E-state index in [9.17, 15) is 8.78 Å². The van der Waals surface area contributed by atoms with Crippen LogP contribution in [0.15, 0.2) is 6.07 Å². The molecule has 0 bridgehead atoms. The zero-order chi connectivity index (χ0) is 11.4. The Balaban J connectivity index is 3.38. The predicted octanol–water partition coefficient (Wildman–Crippen LogP) is 2.27. The summed E-state index contributed by atoms with van der Waals surface area (Å²) in [7, 11) is 0. The van der Waals surface area contributed by atoms with Crippen molar-refractivity contribution in [2.24, 2.45) is 0 Å². The number of aromatic nitrogens is 1. The van der Waals surface area contributed by atoms with E-state index in [1.807, 2.05) is 0 Å². The van der Waals surface area contributed by atoms with Crippen LogP contribution in [-0.2, 0) is 6.42 Å². The van der Waals surface area contributed by atoms with Crippen LogP contribution >= 0.6 is 0 Å². The summed E-state index contributed by atoms with van der Waals surface area (Å²) in [4.78, 5) is 3.70.